The number of para-hydroxylation sites is 1. The number of hydrogen-bond donors (Lipinski definition) is 2. The van der Waals surface area contributed by atoms with Crippen molar-refractivity contribution in [1.29, 1.82) is 0 Å². The van der Waals surface area contributed by atoms with Crippen LogP contribution in [-0.2, 0) is 4.79 Å². The quantitative estimate of drug-likeness (QED) is 0.399. The summed E-state index contributed by atoms with van der Waals surface area (Å²) in [5, 5.41) is 17.5. The fraction of sp³-hybridized carbons (Fsp3) is 0.0526. The molecule has 9 heteroatoms. The Morgan fingerprint density at radius 3 is 2.50 bits per heavy atom. The highest BCUT2D eigenvalue weighted by atomic mass is 32.2. The van der Waals surface area contributed by atoms with Gasteiger partial charge in [-0.3, -0.25) is 4.79 Å². The van der Waals surface area contributed by atoms with Gasteiger partial charge in [0.05, 0.1) is 11.4 Å². The zero-order valence-corrected chi connectivity index (χ0v) is 17.0. The van der Waals surface area contributed by atoms with Crippen LogP contribution in [0.25, 0.3) is 11.3 Å². The van der Waals surface area contributed by atoms with Crippen molar-refractivity contribution < 1.29 is 4.79 Å². The highest BCUT2D eigenvalue weighted by molar-refractivity contribution is 8.01. The molecule has 0 spiro atoms. The van der Waals surface area contributed by atoms with Crippen LogP contribution in [0.1, 0.15) is 0 Å². The number of amides is 1. The van der Waals surface area contributed by atoms with Crippen LogP contribution in [0.2, 0.25) is 0 Å². The molecular weight excluding hydrogens is 410 g/mol. The summed E-state index contributed by atoms with van der Waals surface area (Å²) in [6.07, 6.45) is 0. The number of hydrogen-bond acceptors (Lipinski definition) is 8. The molecule has 0 saturated carbocycles. The number of aromatic nitrogens is 3. The van der Waals surface area contributed by atoms with E-state index in [0.29, 0.717) is 10.3 Å². The van der Waals surface area contributed by atoms with Crippen LogP contribution in [-0.4, -0.2) is 26.8 Å². The van der Waals surface area contributed by atoms with E-state index in [-0.39, 0.29) is 11.7 Å². The van der Waals surface area contributed by atoms with Gasteiger partial charge in [0.25, 0.3) is 0 Å². The molecule has 4 aromatic rings. The van der Waals surface area contributed by atoms with Gasteiger partial charge >= 0.3 is 0 Å². The van der Waals surface area contributed by atoms with Crippen LogP contribution in [0.3, 0.4) is 0 Å². The Hall–Kier alpha value is -2.75. The fourth-order valence-corrected chi connectivity index (χ4v) is 4.63. The van der Waals surface area contributed by atoms with E-state index in [1.165, 1.54) is 34.4 Å². The summed E-state index contributed by atoms with van der Waals surface area (Å²) in [6.45, 7) is 0. The fourth-order valence-electron chi connectivity index (χ4n) is 2.32. The molecule has 0 fully saturated rings. The van der Waals surface area contributed by atoms with E-state index in [1.54, 1.807) is 0 Å². The second-order valence-corrected chi connectivity index (χ2v) is 8.66. The van der Waals surface area contributed by atoms with E-state index in [1.807, 2.05) is 66.0 Å². The van der Waals surface area contributed by atoms with Gasteiger partial charge in [0.15, 0.2) is 9.47 Å². The minimum absolute atomic E-state index is 0.119. The molecule has 2 heterocycles. The lowest BCUT2D eigenvalue weighted by atomic mass is 10.2. The summed E-state index contributed by atoms with van der Waals surface area (Å²) >= 11 is 4.18. The van der Waals surface area contributed by atoms with Crippen molar-refractivity contribution >= 4 is 56.3 Å². The minimum Gasteiger partial charge on any atom is -0.330 e. The number of benzene rings is 2. The van der Waals surface area contributed by atoms with Crippen molar-refractivity contribution in [2.75, 3.05) is 16.4 Å². The maximum absolute atomic E-state index is 12.2. The molecule has 2 N–H and O–H groups in total. The zero-order valence-electron chi connectivity index (χ0n) is 14.5. The number of anilines is 3. The predicted molar refractivity (Wildman–Crippen MR) is 117 cm³/mol. The highest BCUT2D eigenvalue weighted by Crippen LogP contribution is 2.28. The van der Waals surface area contributed by atoms with E-state index < -0.39 is 0 Å². The van der Waals surface area contributed by atoms with E-state index in [9.17, 15) is 4.79 Å². The first-order chi connectivity index (χ1) is 13.8. The second-order valence-electron chi connectivity index (χ2n) is 5.60. The molecule has 2 aromatic carbocycles. The first-order valence-corrected chi connectivity index (χ1v) is 11.0. The normalized spacial score (nSPS) is 10.6. The molecule has 0 saturated heterocycles. The lowest BCUT2D eigenvalue weighted by molar-refractivity contribution is -0.113. The molecular formula is C19H15N5OS3. The van der Waals surface area contributed by atoms with Crippen LogP contribution in [0, 0.1) is 0 Å². The summed E-state index contributed by atoms with van der Waals surface area (Å²) in [5.74, 6) is 0.131. The molecule has 2 aromatic heterocycles. The largest absolute Gasteiger partial charge is 0.330 e. The van der Waals surface area contributed by atoms with Crippen molar-refractivity contribution in [3.8, 4) is 11.3 Å². The van der Waals surface area contributed by atoms with Crippen LogP contribution in [0.15, 0.2) is 70.4 Å². The van der Waals surface area contributed by atoms with Crippen LogP contribution in [0.4, 0.5) is 16.0 Å². The maximum Gasteiger partial charge on any atom is 0.236 e. The molecule has 28 heavy (non-hydrogen) atoms. The number of carbonyl (C=O) groups is 1. The monoisotopic (exact) mass is 425 g/mol. The van der Waals surface area contributed by atoms with Crippen LogP contribution >= 0.6 is 34.4 Å². The van der Waals surface area contributed by atoms with Gasteiger partial charge in [-0.1, -0.05) is 71.6 Å². The van der Waals surface area contributed by atoms with Crippen molar-refractivity contribution in [2.24, 2.45) is 0 Å². The number of thiazole rings is 1. The molecule has 6 nitrogen and oxygen atoms in total. The smallest absolute Gasteiger partial charge is 0.236 e. The molecule has 4 rings (SSSR count). The summed E-state index contributed by atoms with van der Waals surface area (Å²) in [5.41, 5.74) is 2.83. The first-order valence-electron chi connectivity index (χ1n) is 8.35. The standard InChI is InChI=1S/C19H15N5OS3/c25-16(22-17-21-15(11-26-17)13-7-3-1-4-8-13)12-27-19-24-23-18(28-19)20-14-9-5-2-6-10-14/h1-11H,12H2,(H,20,23)(H,21,22,25). The molecule has 0 bridgehead atoms. The van der Waals surface area contributed by atoms with E-state index >= 15 is 0 Å². The molecule has 0 aliphatic carbocycles. The van der Waals surface area contributed by atoms with Gasteiger partial charge in [-0.2, -0.15) is 0 Å². The number of carbonyl (C=O) groups excluding carboxylic acids is 1. The Morgan fingerprint density at radius 1 is 0.964 bits per heavy atom. The van der Waals surface area contributed by atoms with Gasteiger partial charge in [0.1, 0.15) is 0 Å². The van der Waals surface area contributed by atoms with Gasteiger partial charge in [0.2, 0.25) is 11.0 Å². The molecule has 1 amide bonds. The molecule has 0 aliphatic heterocycles. The van der Waals surface area contributed by atoms with E-state index in [0.717, 1.165) is 21.3 Å². The Bertz CT molecular complexity index is 1050. The Morgan fingerprint density at radius 2 is 1.71 bits per heavy atom. The van der Waals surface area contributed by atoms with E-state index in [4.69, 9.17) is 0 Å². The molecule has 0 atom stereocenters. The van der Waals surface area contributed by atoms with Crippen molar-refractivity contribution in [1.82, 2.24) is 15.2 Å². The zero-order chi connectivity index (χ0) is 19.2. The number of thioether (sulfide) groups is 1. The average Bonchev–Trinajstić information content (AvgIpc) is 3.37. The molecule has 0 unspecified atom stereocenters. The molecule has 0 radical (unpaired) electrons. The summed E-state index contributed by atoms with van der Waals surface area (Å²) in [7, 11) is 0. The van der Waals surface area contributed by atoms with Crippen molar-refractivity contribution in [3.63, 3.8) is 0 Å². The lowest BCUT2D eigenvalue weighted by Gasteiger charge is -2.00. The SMILES string of the molecule is O=C(CSc1nnc(Nc2ccccc2)s1)Nc1nc(-c2ccccc2)cs1. The minimum atomic E-state index is -0.119. The molecule has 0 aliphatic rings. The van der Waals surface area contributed by atoms with Crippen LogP contribution in [0.5, 0.6) is 0 Å². The third-order valence-electron chi connectivity index (χ3n) is 3.58. The van der Waals surface area contributed by atoms with Gasteiger partial charge in [-0.25, -0.2) is 4.98 Å². The topological polar surface area (TPSA) is 79.8 Å². The third kappa shape index (κ3) is 4.94. The Kier molecular flexibility index (Phi) is 5.95. The average molecular weight is 426 g/mol. The highest BCUT2D eigenvalue weighted by Gasteiger charge is 2.11. The summed E-state index contributed by atoms with van der Waals surface area (Å²) in [6, 6.07) is 19.6. The van der Waals surface area contributed by atoms with Gasteiger partial charge < -0.3 is 10.6 Å². The Labute approximate surface area is 174 Å². The maximum atomic E-state index is 12.2. The number of rotatable bonds is 7. The van der Waals surface area contributed by atoms with Gasteiger partial charge in [-0.05, 0) is 12.1 Å². The van der Waals surface area contributed by atoms with Gasteiger partial charge in [-0.15, -0.1) is 21.5 Å². The summed E-state index contributed by atoms with van der Waals surface area (Å²) < 4.78 is 0.734. The number of nitrogens with one attached hydrogen (secondary N) is 2. The second kappa shape index (κ2) is 8.96. The lowest BCUT2D eigenvalue weighted by Crippen LogP contribution is -2.13. The van der Waals surface area contributed by atoms with Crippen LogP contribution < -0.4 is 10.6 Å². The Balaban J connectivity index is 1.29. The molecule has 140 valence electrons. The van der Waals surface area contributed by atoms with Gasteiger partial charge in [0, 0.05) is 16.6 Å². The first kappa shape index (κ1) is 18.6. The van der Waals surface area contributed by atoms with Crippen molar-refractivity contribution in [3.05, 3.63) is 66.0 Å². The third-order valence-corrected chi connectivity index (χ3v) is 6.31. The van der Waals surface area contributed by atoms with Crippen molar-refractivity contribution in [2.45, 2.75) is 4.34 Å². The van der Waals surface area contributed by atoms with E-state index in [2.05, 4.69) is 25.8 Å². The predicted octanol–water partition coefficient (Wildman–Crippen LogP) is 5.14. The summed E-state index contributed by atoms with van der Waals surface area (Å²) in [4.78, 5) is 16.7. The number of nitrogens with zero attached hydrogens (tertiary/aromatic N) is 3.